The zero-order valence-electron chi connectivity index (χ0n) is 5.32. The van der Waals surface area contributed by atoms with Gasteiger partial charge in [0, 0.05) is 6.20 Å². The van der Waals surface area contributed by atoms with Crippen molar-refractivity contribution >= 4 is 22.2 Å². The first-order chi connectivity index (χ1) is 5.25. The van der Waals surface area contributed by atoms with Gasteiger partial charge in [-0.15, -0.1) is 0 Å². The molecular formula is C6H4BrNO3. The van der Waals surface area contributed by atoms with Crippen LogP contribution in [0.15, 0.2) is 18.3 Å². The van der Waals surface area contributed by atoms with Crippen molar-refractivity contribution in [3.8, 4) is 5.75 Å². The summed E-state index contributed by atoms with van der Waals surface area (Å²) in [4.78, 5) is 14.3. The number of carbonyl (C=O) groups excluding carboxylic acids is 1. The third-order valence-electron chi connectivity index (χ3n) is 1.05. The molecule has 0 atom stereocenters. The van der Waals surface area contributed by atoms with Crippen LogP contribution in [0, 0.1) is 0 Å². The molecule has 0 saturated heterocycles. The Balaban J connectivity index is 3.03. The molecule has 0 fully saturated rings. The third-order valence-corrected chi connectivity index (χ3v) is 1.34. The van der Waals surface area contributed by atoms with Gasteiger partial charge in [-0.2, -0.15) is 0 Å². The van der Waals surface area contributed by atoms with Crippen LogP contribution < -0.4 is 0 Å². The highest BCUT2D eigenvalue weighted by Crippen LogP contribution is 2.14. The molecule has 1 N–H and O–H groups in total. The van der Waals surface area contributed by atoms with E-state index in [1.54, 1.807) is 0 Å². The lowest BCUT2D eigenvalue weighted by Gasteiger charge is -1.96. The van der Waals surface area contributed by atoms with E-state index in [2.05, 4.69) is 25.1 Å². The van der Waals surface area contributed by atoms with Crippen LogP contribution in [0.3, 0.4) is 0 Å². The summed E-state index contributed by atoms with van der Waals surface area (Å²) in [5.74, 6) is -0.917. The number of hydrogen-bond acceptors (Lipinski definition) is 4. The first-order valence-corrected chi connectivity index (χ1v) is 3.37. The molecule has 0 aliphatic rings. The van der Waals surface area contributed by atoms with Crippen LogP contribution in [-0.2, 0) is 3.83 Å². The molecule has 0 amide bonds. The Kier molecular flexibility index (Phi) is 2.43. The molecule has 0 aliphatic carbocycles. The number of rotatable bonds is 1. The Bertz CT molecular complexity index is 276. The molecule has 0 saturated carbocycles. The second kappa shape index (κ2) is 3.34. The fourth-order valence-electron chi connectivity index (χ4n) is 0.591. The van der Waals surface area contributed by atoms with Gasteiger partial charge in [0.25, 0.3) is 0 Å². The molecule has 0 aromatic carbocycles. The highest BCUT2D eigenvalue weighted by molar-refractivity contribution is 9.06. The minimum absolute atomic E-state index is 0.107. The number of halogens is 1. The van der Waals surface area contributed by atoms with E-state index < -0.39 is 5.97 Å². The maximum Gasteiger partial charge on any atom is 0.372 e. The zero-order valence-corrected chi connectivity index (χ0v) is 6.91. The van der Waals surface area contributed by atoms with Crippen LogP contribution in [0.4, 0.5) is 0 Å². The Hall–Kier alpha value is -1.10. The molecule has 1 heterocycles. The number of nitrogens with zero attached hydrogens (tertiary/aromatic N) is 1. The first kappa shape index (κ1) is 8.00. The molecule has 1 aromatic rings. The SMILES string of the molecule is O=C(OBr)c1ncccc1O. The summed E-state index contributed by atoms with van der Waals surface area (Å²) in [6.45, 7) is 0. The van der Waals surface area contributed by atoms with Crippen LogP contribution in [0.2, 0.25) is 0 Å². The van der Waals surface area contributed by atoms with Crippen LogP contribution >= 0.6 is 16.3 Å². The van der Waals surface area contributed by atoms with Crippen molar-refractivity contribution in [1.82, 2.24) is 4.98 Å². The van der Waals surface area contributed by atoms with Crippen molar-refractivity contribution in [2.45, 2.75) is 0 Å². The molecule has 0 bridgehead atoms. The third kappa shape index (κ3) is 1.68. The van der Waals surface area contributed by atoms with Crippen molar-refractivity contribution in [2.24, 2.45) is 0 Å². The second-order valence-electron chi connectivity index (χ2n) is 1.74. The van der Waals surface area contributed by atoms with E-state index in [0.29, 0.717) is 0 Å². The molecule has 1 rings (SSSR count). The molecule has 1 aromatic heterocycles. The minimum atomic E-state index is -0.719. The zero-order chi connectivity index (χ0) is 8.27. The number of carbonyl (C=O) groups is 1. The quantitative estimate of drug-likeness (QED) is 0.770. The lowest BCUT2D eigenvalue weighted by atomic mass is 10.3. The molecule has 4 nitrogen and oxygen atoms in total. The summed E-state index contributed by atoms with van der Waals surface area (Å²) in [6.07, 6.45) is 1.39. The maximum atomic E-state index is 10.7. The lowest BCUT2D eigenvalue weighted by Crippen LogP contribution is -2.00. The molecule has 58 valence electrons. The minimum Gasteiger partial charge on any atom is -0.505 e. The Labute approximate surface area is 71.3 Å². The van der Waals surface area contributed by atoms with E-state index >= 15 is 0 Å². The van der Waals surface area contributed by atoms with Gasteiger partial charge in [0.15, 0.2) is 22.0 Å². The summed E-state index contributed by atoms with van der Waals surface area (Å²) in [5, 5.41) is 9.03. The monoisotopic (exact) mass is 217 g/mol. The van der Waals surface area contributed by atoms with Crippen molar-refractivity contribution in [3.05, 3.63) is 24.0 Å². The summed E-state index contributed by atoms with van der Waals surface area (Å²) < 4.78 is 4.17. The summed E-state index contributed by atoms with van der Waals surface area (Å²) in [6, 6.07) is 2.87. The normalized spacial score (nSPS) is 9.18. The van der Waals surface area contributed by atoms with Gasteiger partial charge in [0.2, 0.25) is 0 Å². The summed E-state index contributed by atoms with van der Waals surface area (Å²) in [7, 11) is 0. The molecule has 5 heteroatoms. The molecule has 0 radical (unpaired) electrons. The van der Waals surface area contributed by atoms with Crippen molar-refractivity contribution in [3.63, 3.8) is 0 Å². The molecule has 0 unspecified atom stereocenters. The van der Waals surface area contributed by atoms with Gasteiger partial charge in [-0.05, 0) is 12.1 Å². The molecule has 0 spiro atoms. The number of pyridine rings is 1. The second-order valence-corrected chi connectivity index (χ2v) is 2.06. The topological polar surface area (TPSA) is 59.4 Å². The fourth-order valence-corrected chi connectivity index (χ4v) is 0.744. The van der Waals surface area contributed by atoms with Gasteiger partial charge >= 0.3 is 5.97 Å². The molecule has 11 heavy (non-hydrogen) atoms. The smallest absolute Gasteiger partial charge is 0.372 e. The van der Waals surface area contributed by atoms with E-state index in [9.17, 15) is 4.79 Å². The average Bonchev–Trinajstić information content (AvgIpc) is 2.04. The van der Waals surface area contributed by atoms with E-state index in [1.807, 2.05) is 0 Å². The standard InChI is InChI=1S/C6H4BrNO3/c7-11-6(10)5-4(9)2-1-3-8-5/h1-3,9H. The lowest BCUT2D eigenvalue weighted by molar-refractivity contribution is 0.0772. The number of aromatic hydroxyl groups is 1. The molecule has 0 aliphatic heterocycles. The number of hydrogen-bond donors (Lipinski definition) is 1. The van der Waals surface area contributed by atoms with Gasteiger partial charge in [0.05, 0.1) is 0 Å². The largest absolute Gasteiger partial charge is 0.505 e. The van der Waals surface area contributed by atoms with E-state index in [-0.39, 0.29) is 11.4 Å². The Morgan fingerprint density at radius 2 is 2.45 bits per heavy atom. The predicted molar refractivity (Wildman–Crippen MR) is 40.2 cm³/mol. The van der Waals surface area contributed by atoms with Crippen LogP contribution in [0.25, 0.3) is 0 Å². The highest BCUT2D eigenvalue weighted by Gasteiger charge is 2.11. The van der Waals surface area contributed by atoms with E-state index in [1.165, 1.54) is 18.3 Å². The van der Waals surface area contributed by atoms with Gasteiger partial charge in [-0.1, -0.05) is 0 Å². The van der Waals surface area contributed by atoms with Gasteiger partial charge in [0.1, 0.15) is 5.75 Å². The fraction of sp³-hybridized carbons (Fsp3) is 0. The highest BCUT2D eigenvalue weighted by atomic mass is 79.9. The maximum absolute atomic E-state index is 10.7. The van der Waals surface area contributed by atoms with Crippen molar-refractivity contribution in [1.29, 1.82) is 0 Å². The Morgan fingerprint density at radius 3 is 3.00 bits per heavy atom. The van der Waals surface area contributed by atoms with Crippen LogP contribution in [-0.4, -0.2) is 16.1 Å². The van der Waals surface area contributed by atoms with E-state index in [4.69, 9.17) is 5.11 Å². The predicted octanol–water partition coefficient (Wildman–Crippen LogP) is 1.25. The first-order valence-electron chi connectivity index (χ1n) is 2.72. The van der Waals surface area contributed by atoms with Gasteiger partial charge in [-0.3, -0.25) is 0 Å². The number of aromatic nitrogens is 1. The van der Waals surface area contributed by atoms with Gasteiger partial charge in [-0.25, -0.2) is 9.78 Å². The van der Waals surface area contributed by atoms with Crippen molar-refractivity contribution in [2.75, 3.05) is 0 Å². The van der Waals surface area contributed by atoms with Crippen LogP contribution in [0.1, 0.15) is 10.5 Å². The average molecular weight is 218 g/mol. The van der Waals surface area contributed by atoms with E-state index in [0.717, 1.165) is 0 Å². The summed E-state index contributed by atoms with van der Waals surface area (Å²) in [5.41, 5.74) is -0.107. The summed E-state index contributed by atoms with van der Waals surface area (Å²) >= 11 is 2.48. The van der Waals surface area contributed by atoms with Crippen LogP contribution in [0.5, 0.6) is 5.75 Å². The van der Waals surface area contributed by atoms with Crippen molar-refractivity contribution < 1.29 is 13.7 Å². The molecular weight excluding hydrogens is 214 g/mol. The van der Waals surface area contributed by atoms with Gasteiger partial charge < -0.3 is 8.93 Å². The Morgan fingerprint density at radius 1 is 1.73 bits per heavy atom.